The molecule has 0 radical (unpaired) electrons. The molecule has 1 aromatic carbocycles. The largest absolute Gasteiger partial charge is 0.489 e. The van der Waals surface area contributed by atoms with Crippen LogP contribution in [0.5, 0.6) is 5.75 Å². The summed E-state index contributed by atoms with van der Waals surface area (Å²) in [6.07, 6.45) is 0.995. The van der Waals surface area contributed by atoms with Crippen LogP contribution in [-0.2, 0) is 9.53 Å². The molecule has 3 aliphatic heterocycles. The van der Waals surface area contributed by atoms with Gasteiger partial charge in [-0.3, -0.25) is 9.69 Å². The Morgan fingerprint density at radius 1 is 1.25 bits per heavy atom. The Hall–Kier alpha value is -2.24. The van der Waals surface area contributed by atoms with Gasteiger partial charge in [0, 0.05) is 24.7 Å². The van der Waals surface area contributed by atoms with Crippen molar-refractivity contribution < 1.29 is 19.1 Å². The highest BCUT2D eigenvalue weighted by atomic mass is 16.6. The molecule has 3 aliphatic rings. The van der Waals surface area contributed by atoms with E-state index in [1.54, 1.807) is 4.90 Å². The Balaban J connectivity index is 1.63. The van der Waals surface area contributed by atoms with Gasteiger partial charge < -0.3 is 14.4 Å². The summed E-state index contributed by atoms with van der Waals surface area (Å²) in [5.74, 6) is 0.765. The standard InChI is InChI=1S/C18H22N2O4/c1-11-14-10-23-15-8-12(4-5-13(15)20(14)17(22)24-11)19-7-6-18(2,3)9-16(19)21/h4-5,8,11,14H,6-7,9-10H2,1-3H3/t11-,14?/m0/s1. The Bertz CT molecular complexity index is 715. The van der Waals surface area contributed by atoms with E-state index in [1.807, 2.05) is 30.0 Å². The molecule has 6 nitrogen and oxygen atoms in total. The molecule has 2 saturated heterocycles. The number of carbonyl (C=O) groups excluding carboxylic acids is 2. The number of hydrogen-bond donors (Lipinski definition) is 0. The van der Waals surface area contributed by atoms with Crippen LogP contribution >= 0.6 is 0 Å². The lowest BCUT2D eigenvalue weighted by molar-refractivity contribution is -0.122. The smallest absolute Gasteiger partial charge is 0.415 e. The van der Waals surface area contributed by atoms with Gasteiger partial charge in [0.2, 0.25) is 5.91 Å². The van der Waals surface area contributed by atoms with Crippen LogP contribution in [0.2, 0.25) is 0 Å². The Morgan fingerprint density at radius 2 is 2.04 bits per heavy atom. The van der Waals surface area contributed by atoms with Gasteiger partial charge in [0.05, 0.1) is 5.69 Å². The quantitative estimate of drug-likeness (QED) is 0.794. The maximum Gasteiger partial charge on any atom is 0.415 e. The lowest BCUT2D eigenvalue weighted by Gasteiger charge is -2.37. The highest BCUT2D eigenvalue weighted by molar-refractivity contribution is 5.97. The number of anilines is 2. The number of benzene rings is 1. The predicted molar refractivity (Wildman–Crippen MR) is 89.5 cm³/mol. The molecular weight excluding hydrogens is 308 g/mol. The van der Waals surface area contributed by atoms with E-state index in [0.717, 1.165) is 12.1 Å². The van der Waals surface area contributed by atoms with Gasteiger partial charge in [-0.05, 0) is 30.9 Å². The number of rotatable bonds is 1. The van der Waals surface area contributed by atoms with Crippen molar-refractivity contribution in [2.75, 3.05) is 23.0 Å². The minimum Gasteiger partial charge on any atom is -0.489 e. The topological polar surface area (TPSA) is 59.1 Å². The van der Waals surface area contributed by atoms with Gasteiger partial charge in [0.25, 0.3) is 0 Å². The summed E-state index contributed by atoms with van der Waals surface area (Å²) in [6.45, 7) is 7.23. The van der Waals surface area contributed by atoms with E-state index < -0.39 is 0 Å². The first-order valence-electron chi connectivity index (χ1n) is 8.43. The van der Waals surface area contributed by atoms with Crippen molar-refractivity contribution in [3.63, 3.8) is 0 Å². The van der Waals surface area contributed by atoms with Crippen molar-refractivity contribution in [3.05, 3.63) is 18.2 Å². The maximum absolute atomic E-state index is 12.5. The zero-order valence-corrected chi connectivity index (χ0v) is 14.2. The second-order valence-electron chi connectivity index (χ2n) is 7.63. The van der Waals surface area contributed by atoms with Crippen molar-refractivity contribution in [1.82, 2.24) is 0 Å². The Morgan fingerprint density at radius 3 is 2.79 bits per heavy atom. The fraction of sp³-hybridized carbons (Fsp3) is 0.556. The number of cyclic esters (lactones) is 1. The lowest BCUT2D eigenvalue weighted by atomic mass is 9.82. The zero-order chi connectivity index (χ0) is 17.1. The van der Waals surface area contributed by atoms with Crippen LogP contribution in [0.25, 0.3) is 0 Å². The molecule has 24 heavy (non-hydrogen) atoms. The molecule has 1 aromatic rings. The van der Waals surface area contributed by atoms with Gasteiger partial charge >= 0.3 is 6.09 Å². The number of amides is 2. The molecule has 0 spiro atoms. The summed E-state index contributed by atoms with van der Waals surface area (Å²) in [4.78, 5) is 28.0. The maximum atomic E-state index is 12.5. The lowest BCUT2D eigenvalue weighted by Crippen LogP contribution is -2.44. The van der Waals surface area contributed by atoms with Crippen LogP contribution in [0.15, 0.2) is 18.2 Å². The molecule has 0 N–H and O–H groups in total. The van der Waals surface area contributed by atoms with Crippen molar-refractivity contribution >= 4 is 23.4 Å². The molecule has 0 aromatic heterocycles. The van der Waals surface area contributed by atoms with Gasteiger partial charge in [-0.25, -0.2) is 4.79 Å². The highest BCUT2D eigenvalue weighted by Gasteiger charge is 2.44. The third kappa shape index (κ3) is 2.32. The van der Waals surface area contributed by atoms with Gasteiger partial charge in [0.1, 0.15) is 24.5 Å². The van der Waals surface area contributed by atoms with Gasteiger partial charge in [-0.2, -0.15) is 0 Å². The molecule has 2 fully saturated rings. The normalized spacial score (nSPS) is 28.1. The summed E-state index contributed by atoms with van der Waals surface area (Å²) in [6, 6.07) is 5.51. The van der Waals surface area contributed by atoms with E-state index >= 15 is 0 Å². The third-order valence-electron chi connectivity index (χ3n) is 5.22. The molecule has 0 bridgehead atoms. The van der Waals surface area contributed by atoms with Crippen LogP contribution in [0.3, 0.4) is 0 Å². The van der Waals surface area contributed by atoms with Gasteiger partial charge in [-0.1, -0.05) is 13.8 Å². The van der Waals surface area contributed by atoms with Crippen molar-refractivity contribution in [3.8, 4) is 5.75 Å². The molecule has 3 heterocycles. The number of carbonyl (C=O) groups is 2. The van der Waals surface area contributed by atoms with Crippen LogP contribution < -0.4 is 14.5 Å². The first-order valence-corrected chi connectivity index (χ1v) is 8.43. The van der Waals surface area contributed by atoms with Gasteiger partial charge in [-0.15, -0.1) is 0 Å². The van der Waals surface area contributed by atoms with E-state index in [0.29, 0.717) is 31.0 Å². The summed E-state index contributed by atoms with van der Waals surface area (Å²) >= 11 is 0. The molecule has 128 valence electrons. The monoisotopic (exact) mass is 330 g/mol. The molecule has 6 heteroatoms. The molecular formula is C18H22N2O4. The van der Waals surface area contributed by atoms with E-state index in [-0.39, 0.29) is 29.6 Å². The first-order chi connectivity index (χ1) is 11.4. The van der Waals surface area contributed by atoms with Crippen molar-refractivity contribution in [1.29, 1.82) is 0 Å². The van der Waals surface area contributed by atoms with E-state index in [4.69, 9.17) is 9.47 Å². The van der Waals surface area contributed by atoms with Crippen LogP contribution in [-0.4, -0.2) is 37.3 Å². The number of hydrogen-bond acceptors (Lipinski definition) is 4. The highest BCUT2D eigenvalue weighted by Crippen LogP contribution is 2.42. The average Bonchev–Trinajstić information content (AvgIpc) is 2.81. The van der Waals surface area contributed by atoms with E-state index in [1.165, 1.54) is 0 Å². The van der Waals surface area contributed by atoms with Crippen LogP contribution in [0, 0.1) is 5.41 Å². The van der Waals surface area contributed by atoms with E-state index in [9.17, 15) is 9.59 Å². The Labute approximate surface area is 141 Å². The minimum atomic E-state index is -0.333. The number of piperidine rings is 1. The number of ether oxygens (including phenoxy) is 2. The number of nitrogens with zero attached hydrogens (tertiary/aromatic N) is 2. The van der Waals surface area contributed by atoms with E-state index in [2.05, 4.69) is 13.8 Å². The van der Waals surface area contributed by atoms with Gasteiger partial charge in [0.15, 0.2) is 0 Å². The SMILES string of the molecule is C[C@@H]1OC(=O)N2c3ccc(N4CCC(C)(C)CC4=O)cc3OCC12. The molecule has 1 unspecified atom stereocenters. The Kier molecular flexibility index (Phi) is 3.27. The molecule has 0 aliphatic carbocycles. The third-order valence-corrected chi connectivity index (χ3v) is 5.22. The number of fused-ring (bicyclic) bond motifs is 3. The summed E-state index contributed by atoms with van der Waals surface area (Å²) in [5.41, 5.74) is 1.60. The fourth-order valence-corrected chi connectivity index (χ4v) is 3.69. The predicted octanol–water partition coefficient (Wildman–Crippen LogP) is 2.95. The van der Waals surface area contributed by atoms with Crippen LogP contribution in [0.1, 0.15) is 33.6 Å². The second kappa shape index (κ2) is 5.13. The summed E-state index contributed by atoms with van der Waals surface area (Å²) in [7, 11) is 0. The first kappa shape index (κ1) is 15.3. The molecule has 0 saturated carbocycles. The van der Waals surface area contributed by atoms with Crippen molar-refractivity contribution in [2.45, 2.75) is 45.8 Å². The average molecular weight is 330 g/mol. The second-order valence-corrected chi connectivity index (χ2v) is 7.63. The summed E-state index contributed by atoms with van der Waals surface area (Å²) < 4.78 is 11.1. The molecule has 2 atom stereocenters. The zero-order valence-electron chi connectivity index (χ0n) is 14.2. The minimum absolute atomic E-state index is 0.0565. The van der Waals surface area contributed by atoms with Crippen LogP contribution in [0.4, 0.5) is 16.2 Å². The van der Waals surface area contributed by atoms with Crippen molar-refractivity contribution in [2.24, 2.45) is 5.41 Å². The molecule has 2 amide bonds. The fourth-order valence-electron chi connectivity index (χ4n) is 3.69. The molecule has 4 rings (SSSR count). The summed E-state index contributed by atoms with van der Waals surface area (Å²) in [5, 5.41) is 0.